The lowest BCUT2D eigenvalue weighted by Gasteiger charge is -2.22. The SMILES string of the molecule is Cc1nn(C)c(N2CCC(C)(C(N)=O)C2)c1C#N. The molecule has 2 N–H and O–H groups in total. The summed E-state index contributed by atoms with van der Waals surface area (Å²) in [6, 6.07) is 2.18. The van der Waals surface area contributed by atoms with E-state index in [-0.39, 0.29) is 5.91 Å². The molecule has 1 aromatic rings. The fourth-order valence-corrected chi connectivity index (χ4v) is 2.48. The molecule has 1 atom stereocenters. The molecule has 1 saturated heterocycles. The Kier molecular flexibility index (Phi) is 2.77. The summed E-state index contributed by atoms with van der Waals surface area (Å²) in [5, 5.41) is 13.4. The summed E-state index contributed by atoms with van der Waals surface area (Å²) in [5.41, 5.74) is 6.20. The molecule has 1 aliphatic rings. The van der Waals surface area contributed by atoms with E-state index in [1.165, 1.54) is 0 Å². The van der Waals surface area contributed by atoms with Crippen LogP contribution in [-0.2, 0) is 11.8 Å². The molecule has 1 amide bonds. The lowest BCUT2D eigenvalue weighted by atomic mass is 9.89. The van der Waals surface area contributed by atoms with Crippen LogP contribution >= 0.6 is 0 Å². The molecule has 2 heterocycles. The van der Waals surface area contributed by atoms with Gasteiger partial charge in [-0.2, -0.15) is 10.4 Å². The van der Waals surface area contributed by atoms with E-state index in [1.54, 1.807) is 4.68 Å². The molecule has 0 aliphatic carbocycles. The smallest absolute Gasteiger partial charge is 0.225 e. The molecule has 0 radical (unpaired) electrons. The zero-order valence-corrected chi connectivity index (χ0v) is 10.9. The van der Waals surface area contributed by atoms with Crippen molar-refractivity contribution in [3.8, 4) is 6.07 Å². The summed E-state index contributed by atoms with van der Waals surface area (Å²) in [7, 11) is 1.81. The van der Waals surface area contributed by atoms with Gasteiger partial charge in [-0.3, -0.25) is 9.48 Å². The number of anilines is 1. The number of nitrogens with two attached hydrogens (primary N) is 1. The van der Waals surface area contributed by atoms with Gasteiger partial charge in [0, 0.05) is 20.1 Å². The lowest BCUT2D eigenvalue weighted by molar-refractivity contribution is -0.125. The summed E-state index contributed by atoms with van der Waals surface area (Å²) in [6.45, 7) is 4.93. The van der Waals surface area contributed by atoms with Gasteiger partial charge in [-0.15, -0.1) is 0 Å². The Labute approximate surface area is 106 Å². The van der Waals surface area contributed by atoms with Crippen LogP contribution in [0.1, 0.15) is 24.6 Å². The quantitative estimate of drug-likeness (QED) is 0.814. The average molecular weight is 247 g/mol. The van der Waals surface area contributed by atoms with Gasteiger partial charge in [-0.25, -0.2) is 0 Å². The minimum Gasteiger partial charge on any atom is -0.369 e. The Morgan fingerprint density at radius 3 is 2.78 bits per heavy atom. The van der Waals surface area contributed by atoms with Crippen LogP contribution < -0.4 is 10.6 Å². The minimum atomic E-state index is -0.523. The summed E-state index contributed by atoms with van der Waals surface area (Å²) < 4.78 is 1.70. The number of nitrogens with zero attached hydrogens (tertiary/aromatic N) is 4. The molecule has 6 heteroatoms. The van der Waals surface area contributed by atoms with Gasteiger partial charge in [0.2, 0.25) is 5.91 Å². The molecule has 6 nitrogen and oxygen atoms in total. The van der Waals surface area contributed by atoms with Gasteiger partial charge in [-0.05, 0) is 20.3 Å². The van der Waals surface area contributed by atoms with Gasteiger partial charge < -0.3 is 10.6 Å². The van der Waals surface area contributed by atoms with Crippen molar-refractivity contribution in [2.24, 2.45) is 18.2 Å². The number of nitriles is 1. The van der Waals surface area contributed by atoms with Gasteiger partial charge in [-0.1, -0.05) is 0 Å². The van der Waals surface area contributed by atoms with E-state index in [9.17, 15) is 10.1 Å². The fourth-order valence-electron chi connectivity index (χ4n) is 2.48. The molecule has 96 valence electrons. The van der Waals surface area contributed by atoms with E-state index >= 15 is 0 Å². The second-order valence-electron chi connectivity index (χ2n) is 5.12. The van der Waals surface area contributed by atoms with Gasteiger partial charge in [0.25, 0.3) is 0 Å². The predicted octanol–water partition coefficient (Wildman–Crippen LogP) is 0.302. The number of rotatable bonds is 2. The highest BCUT2D eigenvalue weighted by molar-refractivity contribution is 5.82. The van der Waals surface area contributed by atoms with Crippen molar-refractivity contribution in [1.82, 2.24) is 9.78 Å². The first kappa shape index (κ1) is 12.4. The van der Waals surface area contributed by atoms with Crippen molar-refractivity contribution in [2.45, 2.75) is 20.3 Å². The first-order chi connectivity index (χ1) is 8.39. The summed E-state index contributed by atoms with van der Waals surface area (Å²) >= 11 is 0. The maximum Gasteiger partial charge on any atom is 0.225 e. The number of amides is 1. The first-order valence-electron chi connectivity index (χ1n) is 5.87. The maximum absolute atomic E-state index is 11.5. The monoisotopic (exact) mass is 247 g/mol. The normalized spacial score (nSPS) is 23.1. The van der Waals surface area contributed by atoms with Crippen molar-refractivity contribution in [3.63, 3.8) is 0 Å². The summed E-state index contributed by atoms with van der Waals surface area (Å²) in [5.74, 6) is 0.488. The van der Waals surface area contributed by atoms with Crippen LogP contribution in [0.2, 0.25) is 0 Å². The van der Waals surface area contributed by atoms with E-state index in [1.807, 2.05) is 25.8 Å². The highest BCUT2D eigenvalue weighted by Gasteiger charge is 2.40. The van der Waals surface area contributed by atoms with E-state index in [0.29, 0.717) is 30.8 Å². The average Bonchev–Trinajstić information content (AvgIpc) is 2.80. The number of carbonyl (C=O) groups is 1. The topological polar surface area (TPSA) is 87.9 Å². The zero-order valence-electron chi connectivity index (χ0n) is 10.9. The third-order valence-electron chi connectivity index (χ3n) is 3.67. The highest BCUT2D eigenvalue weighted by atomic mass is 16.1. The summed E-state index contributed by atoms with van der Waals surface area (Å²) in [4.78, 5) is 13.5. The van der Waals surface area contributed by atoms with Crippen molar-refractivity contribution in [3.05, 3.63) is 11.3 Å². The summed E-state index contributed by atoms with van der Waals surface area (Å²) in [6.07, 6.45) is 0.706. The second-order valence-corrected chi connectivity index (χ2v) is 5.12. The number of hydrogen-bond acceptors (Lipinski definition) is 4. The Morgan fingerprint density at radius 2 is 2.28 bits per heavy atom. The van der Waals surface area contributed by atoms with Gasteiger partial charge in [0.05, 0.1) is 11.1 Å². The van der Waals surface area contributed by atoms with Crippen molar-refractivity contribution < 1.29 is 4.79 Å². The third kappa shape index (κ3) is 1.72. The van der Waals surface area contributed by atoms with Crippen LogP contribution in [-0.4, -0.2) is 28.8 Å². The molecule has 1 aromatic heterocycles. The Balaban J connectivity index is 2.36. The molecule has 0 spiro atoms. The molecule has 18 heavy (non-hydrogen) atoms. The molecule has 1 aliphatic heterocycles. The van der Waals surface area contributed by atoms with E-state index in [0.717, 1.165) is 5.82 Å². The molecular weight excluding hydrogens is 230 g/mol. The lowest BCUT2D eigenvalue weighted by Crippen LogP contribution is -2.37. The number of hydrogen-bond donors (Lipinski definition) is 1. The minimum absolute atomic E-state index is 0.289. The Bertz CT molecular complexity index is 541. The molecule has 2 rings (SSSR count). The van der Waals surface area contributed by atoms with Crippen molar-refractivity contribution >= 4 is 11.7 Å². The number of aromatic nitrogens is 2. The molecule has 0 saturated carbocycles. The standard InChI is InChI=1S/C12H17N5O/c1-8-9(6-13)10(16(3)15-8)17-5-4-12(2,7-17)11(14)18/h4-5,7H2,1-3H3,(H2,14,18). The Morgan fingerprint density at radius 1 is 1.61 bits per heavy atom. The Hall–Kier alpha value is -2.03. The zero-order chi connectivity index (χ0) is 13.5. The van der Waals surface area contributed by atoms with E-state index < -0.39 is 5.41 Å². The number of aryl methyl sites for hydroxylation is 2. The fraction of sp³-hybridized carbons (Fsp3) is 0.583. The van der Waals surface area contributed by atoms with Crippen molar-refractivity contribution in [2.75, 3.05) is 18.0 Å². The third-order valence-corrected chi connectivity index (χ3v) is 3.67. The largest absolute Gasteiger partial charge is 0.369 e. The van der Waals surface area contributed by atoms with Crippen molar-refractivity contribution in [1.29, 1.82) is 5.26 Å². The van der Waals surface area contributed by atoms with Crippen LogP contribution in [0.3, 0.4) is 0 Å². The van der Waals surface area contributed by atoms with Crippen LogP contribution in [0, 0.1) is 23.7 Å². The number of carbonyl (C=O) groups excluding carboxylic acids is 1. The molecule has 0 bridgehead atoms. The molecule has 1 fully saturated rings. The van der Waals surface area contributed by atoms with Crippen LogP contribution in [0.4, 0.5) is 5.82 Å². The van der Waals surface area contributed by atoms with E-state index in [4.69, 9.17) is 5.73 Å². The second kappa shape index (κ2) is 4.02. The van der Waals surface area contributed by atoms with Gasteiger partial charge in [0.1, 0.15) is 17.5 Å². The van der Waals surface area contributed by atoms with E-state index in [2.05, 4.69) is 11.2 Å². The van der Waals surface area contributed by atoms with Crippen LogP contribution in [0.25, 0.3) is 0 Å². The van der Waals surface area contributed by atoms with Crippen LogP contribution in [0.15, 0.2) is 0 Å². The highest BCUT2D eigenvalue weighted by Crippen LogP contribution is 2.34. The first-order valence-corrected chi connectivity index (χ1v) is 5.87. The number of primary amides is 1. The maximum atomic E-state index is 11.5. The van der Waals surface area contributed by atoms with Gasteiger partial charge >= 0.3 is 0 Å². The molecule has 1 unspecified atom stereocenters. The molecular formula is C12H17N5O. The molecule has 0 aromatic carbocycles. The van der Waals surface area contributed by atoms with Crippen LogP contribution in [0.5, 0.6) is 0 Å². The van der Waals surface area contributed by atoms with Gasteiger partial charge in [0.15, 0.2) is 0 Å². The predicted molar refractivity (Wildman–Crippen MR) is 66.8 cm³/mol.